The van der Waals surface area contributed by atoms with Gasteiger partial charge in [0.25, 0.3) is 5.69 Å². The zero-order valence-electron chi connectivity index (χ0n) is 13.7. The van der Waals surface area contributed by atoms with Crippen molar-refractivity contribution in [2.75, 3.05) is 5.32 Å². The fraction of sp³-hybridized carbons (Fsp3) is 0.176. The first-order chi connectivity index (χ1) is 12.0. The summed E-state index contributed by atoms with van der Waals surface area (Å²) in [5.41, 5.74) is 2.57. The van der Waals surface area contributed by atoms with E-state index >= 15 is 0 Å². The molecule has 0 amide bonds. The van der Waals surface area contributed by atoms with Gasteiger partial charge >= 0.3 is 0 Å². The summed E-state index contributed by atoms with van der Waals surface area (Å²) >= 11 is 0. The van der Waals surface area contributed by atoms with Crippen LogP contribution >= 0.6 is 0 Å². The van der Waals surface area contributed by atoms with Gasteiger partial charge in [0.05, 0.1) is 22.8 Å². The Labute approximate surface area is 143 Å². The van der Waals surface area contributed by atoms with Crippen LogP contribution in [-0.4, -0.2) is 19.7 Å². The number of pyridine rings is 1. The number of nitrogens with zero attached hydrogens (tertiary/aromatic N) is 4. The normalized spacial score (nSPS) is 12.0. The fourth-order valence-corrected chi connectivity index (χ4v) is 2.57. The molecule has 0 aliphatic heterocycles. The largest absolute Gasteiger partial charge is 0.363 e. The lowest BCUT2D eigenvalue weighted by Gasteiger charge is -2.14. The van der Waals surface area contributed by atoms with Crippen molar-refractivity contribution in [2.24, 2.45) is 0 Å². The van der Waals surface area contributed by atoms with Gasteiger partial charge in [-0.1, -0.05) is 0 Å². The summed E-state index contributed by atoms with van der Waals surface area (Å²) in [4.78, 5) is 14.2. The van der Waals surface area contributed by atoms with E-state index in [1.165, 1.54) is 24.4 Å². The predicted molar refractivity (Wildman–Crippen MR) is 91.2 cm³/mol. The molecule has 0 bridgehead atoms. The molecule has 128 valence electrons. The smallest absolute Gasteiger partial charge is 0.287 e. The highest BCUT2D eigenvalue weighted by atomic mass is 19.1. The Morgan fingerprint density at radius 2 is 1.92 bits per heavy atom. The number of hydrogen-bond donors (Lipinski definition) is 1. The Bertz CT molecular complexity index is 890. The maximum atomic E-state index is 13.1. The fourth-order valence-electron chi connectivity index (χ4n) is 2.57. The molecule has 1 atom stereocenters. The highest BCUT2D eigenvalue weighted by Crippen LogP contribution is 2.23. The first-order valence-corrected chi connectivity index (χ1v) is 7.63. The van der Waals surface area contributed by atoms with E-state index in [2.05, 4.69) is 15.4 Å². The molecule has 0 unspecified atom stereocenters. The number of nitro groups is 1. The van der Waals surface area contributed by atoms with E-state index in [0.29, 0.717) is 5.82 Å². The maximum absolute atomic E-state index is 13.1. The lowest BCUT2D eigenvalue weighted by Crippen LogP contribution is -2.09. The Kier molecular flexibility index (Phi) is 4.42. The van der Waals surface area contributed by atoms with Crippen LogP contribution in [0.15, 0.2) is 48.8 Å². The molecular weight excluding hydrogens is 325 g/mol. The number of halogens is 1. The monoisotopic (exact) mass is 341 g/mol. The van der Waals surface area contributed by atoms with Gasteiger partial charge in [-0.25, -0.2) is 14.1 Å². The zero-order valence-corrected chi connectivity index (χ0v) is 13.7. The minimum Gasteiger partial charge on any atom is -0.363 e. The van der Waals surface area contributed by atoms with E-state index in [9.17, 15) is 14.5 Å². The molecular formula is C17H16FN5O2. The molecule has 7 nitrogen and oxygen atoms in total. The average Bonchev–Trinajstić information content (AvgIpc) is 2.98. The van der Waals surface area contributed by atoms with Crippen molar-refractivity contribution in [3.63, 3.8) is 0 Å². The molecule has 2 aromatic heterocycles. The first kappa shape index (κ1) is 16.6. The van der Waals surface area contributed by atoms with E-state index in [1.807, 2.05) is 13.8 Å². The van der Waals surface area contributed by atoms with Gasteiger partial charge in [0, 0.05) is 17.3 Å². The molecule has 2 heterocycles. The lowest BCUT2D eigenvalue weighted by molar-refractivity contribution is -0.385. The average molecular weight is 341 g/mol. The second-order valence-corrected chi connectivity index (χ2v) is 5.60. The summed E-state index contributed by atoms with van der Waals surface area (Å²) < 4.78 is 14.8. The minimum atomic E-state index is -0.489. The molecule has 3 rings (SSSR count). The van der Waals surface area contributed by atoms with Gasteiger partial charge in [0.1, 0.15) is 17.8 Å². The summed E-state index contributed by atoms with van der Waals surface area (Å²) in [6, 6.07) is 8.95. The van der Waals surface area contributed by atoms with E-state index in [1.54, 1.807) is 29.1 Å². The van der Waals surface area contributed by atoms with E-state index in [-0.39, 0.29) is 17.5 Å². The summed E-state index contributed by atoms with van der Waals surface area (Å²) in [7, 11) is 0. The molecule has 0 saturated heterocycles. The number of aromatic nitrogens is 3. The Morgan fingerprint density at radius 1 is 1.20 bits per heavy atom. The van der Waals surface area contributed by atoms with Gasteiger partial charge in [0.15, 0.2) is 0 Å². The van der Waals surface area contributed by atoms with E-state index in [0.717, 1.165) is 16.9 Å². The molecule has 1 aromatic carbocycles. The van der Waals surface area contributed by atoms with Crippen molar-refractivity contribution in [3.8, 4) is 5.69 Å². The Hall–Kier alpha value is -3.29. The van der Waals surface area contributed by atoms with Gasteiger partial charge < -0.3 is 5.32 Å². The summed E-state index contributed by atoms with van der Waals surface area (Å²) in [6.45, 7) is 3.87. The van der Waals surface area contributed by atoms with Crippen molar-refractivity contribution in [3.05, 3.63) is 76.0 Å². The van der Waals surface area contributed by atoms with E-state index in [4.69, 9.17) is 0 Å². The molecule has 0 saturated carbocycles. The van der Waals surface area contributed by atoms with Crippen molar-refractivity contribution in [1.82, 2.24) is 14.8 Å². The molecule has 3 aromatic rings. The number of benzene rings is 1. The van der Waals surface area contributed by atoms with Gasteiger partial charge in [-0.3, -0.25) is 10.1 Å². The quantitative estimate of drug-likeness (QED) is 0.563. The van der Waals surface area contributed by atoms with Crippen molar-refractivity contribution in [1.29, 1.82) is 0 Å². The Morgan fingerprint density at radius 3 is 2.52 bits per heavy atom. The highest BCUT2D eigenvalue weighted by Gasteiger charge is 2.15. The SMILES string of the molecule is Cc1c([C@@H](C)Nc2ccc([N+](=O)[O-])cn2)cnn1-c1ccc(F)cc1. The summed E-state index contributed by atoms with van der Waals surface area (Å²) in [5.74, 6) is 0.236. The van der Waals surface area contributed by atoms with Gasteiger partial charge in [0.2, 0.25) is 0 Å². The minimum absolute atomic E-state index is 0.0569. The molecule has 8 heteroatoms. The third-order valence-corrected chi connectivity index (χ3v) is 3.91. The van der Waals surface area contributed by atoms with E-state index < -0.39 is 4.92 Å². The van der Waals surface area contributed by atoms with Gasteiger partial charge in [-0.05, 0) is 44.2 Å². The van der Waals surface area contributed by atoms with Crippen LogP contribution in [0, 0.1) is 22.9 Å². The van der Waals surface area contributed by atoms with Gasteiger partial charge in [-0.2, -0.15) is 5.10 Å². The Balaban J connectivity index is 1.79. The van der Waals surface area contributed by atoms with Gasteiger partial charge in [-0.15, -0.1) is 0 Å². The van der Waals surface area contributed by atoms with Crippen molar-refractivity contribution < 1.29 is 9.31 Å². The van der Waals surface area contributed by atoms with Crippen LogP contribution < -0.4 is 5.32 Å². The lowest BCUT2D eigenvalue weighted by atomic mass is 10.1. The number of rotatable bonds is 5. The molecule has 0 radical (unpaired) electrons. The third-order valence-electron chi connectivity index (χ3n) is 3.91. The van der Waals surface area contributed by atoms with Crippen LogP contribution in [0.4, 0.5) is 15.9 Å². The van der Waals surface area contributed by atoms with Crippen LogP contribution in [0.25, 0.3) is 5.69 Å². The van der Waals surface area contributed by atoms with Crippen LogP contribution in [0.1, 0.15) is 24.2 Å². The van der Waals surface area contributed by atoms with Crippen molar-refractivity contribution in [2.45, 2.75) is 19.9 Å². The molecule has 0 spiro atoms. The molecule has 25 heavy (non-hydrogen) atoms. The van der Waals surface area contributed by atoms with Crippen molar-refractivity contribution >= 4 is 11.5 Å². The highest BCUT2D eigenvalue weighted by molar-refractivity contribution is 5.43. The third kappa shape index (κ3) is 3.47. The zero-order chi connectivity index (χ0) is 18.0. The van der Waals surface area contributed by atoms with Crippen LogP contribution in [-0.2, 0) is 0 Å². The number of nitrogens with one attached hydrogen (secondary N) is 1. The molecule has 0 aliphatic carbocycles. The number of anilines is 1. The maximum Gasteiger partial charge on any atom is 0.287 e. The summed E-state index contributed by atoms with van der Waals surface area (Å²) in [6.07, 6.45) is 2.95. The second-order valence-electron chi connectivity index (χ2n) is 5.60. The second kappa shape index (κ2) is 6.68. The summed E-state index contributed by atoms with van der Waals surface area (Å²) in [5, 5.41) is 18.2. The molecule has 0 fully saturated rings. The van der Waals surface area contributed by atoms with Crippen LogP contribution in [0.3, 0.4) is 0 Å². The molecule has 1 N–H and O–H groups in total. The van der Waals surface area contributed by atoms with Crippen LogP contribution in [0.5, 0.6) is 0 Å². The topological polar surface area (TPSA) is 85.9 Å². The molecule has 0 aliphatic rings. The predicted octanol–water partition coefficient (Wildman–Crippen LogP) is 3.80. The standard InChI is InChI=1S/C17H16FN5O2/c1-11(21-17-8-7-15(9-19-17)23(24)25)16-10-20-22(12(16)2)14-5-3-13(18)4-6-14/h3-11H,1-2H3,(H,19,21)/t11-/m1/s1. The van der Waals surface area contributed by atoms with Crippen LogP contribution in [0.2, 0.25) is 0 Å². The first-order valence-electron chi connectivity index (χ1n) is 7.63. The number of hydrogen-bond acceptors (Lipinski definition) is 5.